The zero-order valence-electron chi connectivity index (χ0n) is 14.1. The fraction of sp³-hybridized carbons (Fsp3) is 0.158. The maximum absolute atomic E-state index is 12.5. The van der Waals surface area contributed by atoms with E-state index in [0.29, 0.717) is 34.1 Å². The molecule has 0 bridgehead atoms. The minimum Gasteiger partial charge on any atom is -0.497 e. The van der Waals surface area contributed by atoms with E-state index in [0.717, 1.165) is 0 Å². The third-order valence-corrected chi connectivity index (χ3v) is 3.73. The molecule has 2 aromatic carbocycles. The van der Waals surface area contributed by atoms with Crippen LogP contribution in [0.1, 0.15) is 15.9 Å². The zero-order valence-corrected chi connectivity index (χ0v) is 14.1. The summed E-state index contributed by atoms with van der Waals surface area (Å²) in [5, 5.41) is 8.66. The Morgan fingerprint density at radius 1 is 1.12 bits per heavy atom. The van der Waals surface area contributed by atoms with E-state index in [4.69, 9.17) is 24.1 Å². The lowest BCUT2D eigenvalue weighted by atomic mass is 10.1. The maximum atomic E-state index is 12.5. The Kier molecular flexibility index (Phi) is 4.79. The minimum atomic E-state index is -1.09. The first-order chi connectivity index (χ1) is 12.5. The van der Waals surface area contributed by atoms with Crippen LogP contribution in [0.2, 0.25) is 0 Å². The second kappa shape index (κ2) is 7.18. The van der Waals surface area contributed by atoms with E-state index in [1.165, 1.54) is 19.2 Å². The fourth-order valence-corrected chi connectivity index (χ4v) is 2.48. The maximum Gasteiger partial charge on any atom is 0.341 e. The molecule has 1 N–H and O–H groups in total. The number of allylic oxidation sites excluding steroid dienone is 1. The number of carbonyl (C=O) groups is 2. The summed E-state index contributed by atoms with van der Waals surface area (Å²) < 4.78 is 21.2. The van der Waals surface area contributed by atoms with E-state index < -0.39 is 12.6 Å². The second-order valence-electron chi connectivity index (χ2n) is 5.39. The van der Waals surface area contributed by atoms with Crippen molar-refractivity contribution in [3.63, 3.8) is 0 Å². The molecule has 1 aliphatic rings. The van der Waals surface area contributed by atoms with Gasteiger partial charge in [-0.2, -0.15) is 0 Å². The van der Waals surface area contributed by atoms with Gasteiger partial charge in [-0.05, 0) is 30.3 Å². The van der Waals surface area contributed by atoms with E-state index in [9.17, 15) is 9.59 Å². The van der Waals surface area contributed by atoms with Crippen LogP contribution in [-0.2, 0) is 4.79 Å². The summed E-state index contributed by atoms with van der Waals surface area (Å²) in [6.07, 6.45) is 1.58. The van der Waals surface area contributed by atoms with Crippen LogP contribution in [0.3, 0.4) is 0 Å². The number of Topliss-reactive ketones (excluding diaryl/α,β-unsaturated/α-hetero) is 1. The van der Waals surface area contributed by atoms with E-state index in [-0.39, 0.29) is 11.5 Å². The second-order valence-corrected chi connectivity index (χ2v) is 5.39. The van der Waals surface area contributed by atoms with Gasteiger partial charge >= 0.3 is 5.97 Å². The highest BCUT2D eigenvalue weighted by Crippen LogP contribution is 2.36. The third kappa shape index (κ3) is 3.46. The quantitative estimate of drug-likeness (QED) is 0.796. The Labute approximate surface area is 149 Å². The molecule has 7 nitrogen and oxygen atoms in total. The molecule has 0 fully saturated rings. The van der Waals surface area contributed by atoms with Gasteiger partial charge in [0.05, 0.1) is 19.8 Å². The van der Waals surface area contributed by atoms with Crippen molar-refractivity contribution >= 4 is 17.8 Å². The van der Waals surface area contributed by atoms with Crippen molar-refractivity contribution in [3.05, 3.63) is 53.3 Å². The SMILES string of the molecule is COc1ccc(C=C2Oc3cc(OCC(=O)O)ccc3C2=O)c(OC)c1. The lowest BCUT2D eigenvalue weighted by Crippen LogP contribution is -2.09. The Balaban J connectivity index is 1.87. The Morgan fingerprint density at radius 3 is 2.58 bits per heavy atom. The number of hydrogen-bond donors (Lipinski definition) is 1. The standard InChI is InChI=1S/C19H16O7/c1-23-12-4-3-11(15(8-12)24-2)7-17-19(22)14-6-5-13(9-16(14)26-17)25-10-18(20)21/h3-9H,10H2,1-2H3,(H,20,21). The lowest BCUT2D eigenvalue weighted by Gasteiger charge is -2.08. The van der Waals surface area contributed by atoms with E-state index in [1.54, 1.807) is 37.5 Å². The Morgan fingerprint density at radius 2 is 1.88 bits per heavy atom. The highest BCUT2D eigenvalue weighted by Gasteiger charge is 2.28. The summed E-state index contributed by atoms with van der Waals surface area (Å²) in [7, 11) is 3.08. The van der Waals surface area contributed by atoms with Crippen molar-refractivity contribution in [3.8, 4) is 23.0 Å². The number of aliphatic carboxylic acids is 1. The molecular formula is C19H16O7. The molecule has 0 amide bonds. The number of fused-ring (bicyclic) bond motifs is 1. The summed E-state index contributed by atoms with van der Waals surface area (Å²) >= 11 is 0. The summed E-state index contributed by atoms with van der Waals surface area (Å²) in [4.78, 5) is 23.1. The van der Waals surface area contributed by atoms with Crippen LogP contribution in [0, 0.1) is 0 Å². The molecule has 134 valence electrons. The molecule has 0 saturated carbocycles. The monoisotopic (exact) mass is 356 g/mol. The predicted octanol–water partition coefficient (Wildman–Crippen LogP) is 2.78. The first-order valence-corrected chi connectivity index (χ1v) is 7.66. The molecule has 0 spiro atoms. The minimum absolute atomic E-state index is 0.138. The number of carboxylic acids is 1. The number of carbonyl (C=O) groups excluding carboxylic acids is 1. The zero-order chi connectivity index (χ0) is 18.7. The smallest absolute Gasteiger partial charge is 0.341 e. The summed E-state index contributed by atoms with van der Waals surface area (Å²) in [6.45, 7) is -0.474. The van der Waals surface area contributed by atoms with Crippen molar-refractivity contribution in [2.45, 2.75) is 0 Å². The molecule has 0 unspecified atom stereocenters. The predicted molar refractivity (Wildman–Crippen MR) is 92.1 cm³/mol. The van der Waals surface area contributed by atoms with Crippen LogP contribution in [0.25, 0.3) is 6.08 Å². The van der Waals surface area contributed by atoms with Gasteiger partial charge < -0.3 is 24.1 Å². The van der Waals surface area contributed by atoms with Crippen molar-refractivity contribution in [1.82, 2.24) is 0 Å². The van der Waals surface area contributed by atoms with Crippen LogP contribution in [-0.4, -0.2) is 37.7 Å². The van der Waals surface area contributed by atoms with Crippen LogP contribution in [0.4, 0.5) is 0 Å². The molecule has 3 rings (SSSR count). The van der Waals surface area contributed by atoms with Gasteiger partial charge in [-0.25, -0.2) is 4.79 Å². The van der Waals surface area contributed by atoms with Crippen LogP contribution in [0.5, 0.6) is 23.0 Å². The number of ether oxygens (including phenoxy) is 4. The van der Waals surface area contributed by atoms with Gasteiger partial charge in [-0.1, -0.05) is 0 Å². The van der Waals surface area contributed by atoms with Gasteiger partial charge in [-0.15, -0.1) is 0 Å². The van der Waals surface area contributed by atoms with Crippen molar-refractivity contribution < 1.29 is 33.6 Å². The van der Waals surface area contributed by atoms with E-state index in [2.05, 4.69) is 0 Å². The molecule has 1 heterocycles. The van der Waals surface area contributed by atoms with Gasteiger partial charge in [0.15, 0.2) is 12.4 Å². The molecule has 0 aliphatic carbocycles. The largest absolute Gasteiger partial charge is 0.497 e. The Bertz CT molecular complexity index is 899. The number of carboxylic acid groups (broad SMARTS) is 1. The number of rotatable bonds is 6. The fourth-order valence-electron chi connectivity index (χ4n) is 2.48. The molecule has 26 heavy (non-hydrogen) atoms. The average molecular weight is 356 g/mol. The van der Waals surface area contributed by atoms with Crippen LogP contribution in [0.15, 0.2) is 42.2 Å². The average Bonchev–Trinajstić information content (AvgIpc) is 2.95. The molecule has 7 heteroatoms. The Hall–Kier alpha value is -3.48. The third-order valence-electron chi connectivity index (χ3n) is 3.73. The molecule has 1 aliphatic heterocycles. The van der Waals surface area contributed by atoms with Crippen molar-refractivity contribution in [2.24, 2.45) is 0 Å². The van der Waals surface area contributed by atoms with Gasteiger partial charge in [0.2, 0.25) is 5.78 Å². The summed E-state index contributed by atoms with van der Waals surface area (Å²) in [5.41, 5.74) is 1.04. The molecule has 2 aromatic rings. The van der Waals surface area contributed by atoms with E-state index in [1.807, 2.05) is 0 Å². The highest BCUT2D eigenvalue weighted by molar-refractivity contribution is 6.14. The van der Waals surface area contributed by atoms with Crippen molar-refractivity contribution in [1.29, 1.82) is 0 Å². The number of methoxy groups -OCH3 is 2. The van der Waals surface area contributed by atoms with E-state index >= 15 is 0 Å². The van der Waals surface area contributed by atoms with Gasteiger partial charge in [0, 0.05) is 17.7 Å². The highest BCUT2D eigenvalue weighted by atomic mass is 16.5. The number of hydrogen-bond acceptors (Lipinski definition) is 6. The first kappa shape index (κ1) is 17.3. The van der Waals surface area contributed by atoms with Crippen LogP contribution >= 0.6 is 0 Å². The number of benzene rings is 2. The van der Waals surface area contributed by atoms with Gasteiger partial charge in [0.1, 0.15) is 23.0 Å². The van der Waals surface area contributed by atoms with Crippen LogP contribution < -0.4 is 18.9 Å². The summed E-state index contributed by atoms with van der Waals surface area (Å²) in [5.74, 6) is 0.566. The molecular weight excluding hydrogens is 340 g/mol. The molecule has 0 radical (unpaired) electrons. The topological polar surface area (TPSA) is 91.3 Å². The first-order valence-electron chi connectivity index (χ1n) is 7.66. The molecule has 0 saturated heterocycles. The normalized spacial score (nSPS) is 13.9. The molecule has 0 atom stereocenters. The van der Waals surface area contributed by atoms with Gasteiger partial charge in [-0.3, -0.25) is 4.79 Å². The number of ketones is 1. The van der Waals surface area contributed by atoms with Crippen molar-refractivity contribution in [2.75, 3.05) is 20.8 Å². The summed E-state index contributed by atoms with van der Waals surface area (Å²) in [6, 6.07) is 9.77. The lowest BCUT2D eigenvalue weighted by molar-refractivity contribution is -0.139. The molecule has 0 aromatic heterocycles. The van der Waals surface area contributed by atoms with Gasteiger partial charge in [0.25, 0.3) is 0 Å².